The molecule has 0 radical (unpaired) electrons. The second-order valence-corrected chi connectivity index (χ2v) is 10.5. The van der Waals surface area contributed by atoms with Crippen molar-refractivity contribution in [3.05, 3.63) is 104 Å². The van der Waals surface area contributed by atoms with Crippen LogP contribution in [-0.4, -0.2) is 41.7 Å². The second-order valence-electron chi connectivity index (χ2n) is 9.59. The highest BCUT2D eigenvalue weighted by atomic mass is 79.9. The number of hydrazine groups is 1. The number of rotatable bonds is 12. The number of nitrogens with zero attached hydrogens (tertiary/aromatic N) is 4. The summed E-state index contributed by atoms with van der Waals surface area (Å²) < 4.78 is 13.0. The van der Waals surface area contributed by atoms with Gasteiger partial charge in [0.15, 0.2) is 11.6 Å². The molecule has 1 amide bonds. The second kappa shape index (κ2) is 13.5. The summed E-state index contributed by atoms with van der Waals surface area (Å²) in [7, 11) is 0. The highest BCUT2D eigenvalue weighted by Gasteiger charge is 2.53. The van der Waals surface area contributed by atoms with Gasteiger partial charge in [-0.05, 0) is 66.9 Å². The van der Waals surface area contributed by atoms with Crippen LogP contribution in [0.1, 0.15) is 43.1 Å². The molecule has 0 spiro atoms. The number of aliphatic hydroxyl groups is 1. The van der Waals surface area contributed by atoms with E-state index in [2.05, 4.69) is 36.8 Å². The van der Waals surface area contributed by atoms with Crippen LogP contribution in [0.5, 0.6) is 5.75 Å². The number of halogens is 1. The van der Waals surface area contributed by atoms with Crippen LogP contribution in [0.3, 0.4) is 0 Å². The minimum atomic E-state index is -1.44. The maximum Gasteiger partial charge on any atom is 0.266 e. The van der Waals surface area contributed by atoms with Gasteiger partial charge in [-0.2, -0.15) is 0 Å². The lowest BCUT2D eigenvalue weighted by Gasteiger charge is -2.31. The summed E-state index contributed by atoms with van der Waals surface area (Å²) in [5.74, 6) is 0.563. The van der Waals surface area contributed by atoms with Gasteiger partial charge in [0.05, 0.1) is 6.61 Å². The van der Waals surface area contributed by atoms with Crippen LogP contribution in [0, 0.1) is 0 Å². The van der Waals surface area contributed by atoms with E-state index in [1.807, 2.05) is 62.4 Å². The first kappa shape index (κ1) is 29.1. The van der Waals surface area contributed by atoms with Gasteiger partial charge in [-0.1, -0.05) is 57.4 Å². The predicted octanol–water partition coefficient (Wildman–Crippen LogP) is 5.68. The zero-order valence-electron chi connectivity index (χ0n) is 22.3. The molecule has 0 saturated heterocycles. The molecule has 0 saturated carbocycles. The SMILES string of the molecule is CC(C)NNC(=O)[C@@]1(Cc2ccccc2N=[N+]=[N-])N=C(c2ccc(OCCCO)cc2)O[C@H]1c1ccc(Br)cc1. The Hall–Kier alpha value is -3.89. The minimum Gasteiger partial charge on any atom is -0.494 e. The molecule has 0 bridgehead atoms. The quantitative estimate of drug-likeness (QED) is 0.0799. The molecule has 1 aliphatic rings. The number of amides is 1. The van der Waals surface area contributed by atoms with E-state index in [1.54, 1.807) is 24.3 Å². The lowest BCUT2D eigenvalue weighted by Crippen LogP contribution is -2.55. The molecule has 3 aromatic carbocycles. The van der Waals surface area contributed by atoms with Gasteiger partial charge in [0.1, 0.15) is 5.75 Å². The number of hydrogen-bond acceptors (Lipinski definition) is 7. The molecule has 2 atom stereocenters. The maximum atomic E-state index is 14.1. The number of ether oxygens (including phenoxy) is 2. The van der Waals surface area contributed by atoms with Crippen LogP contribution in [0.4, 0.5) is 5.69 Å². The molecule has 208 valence electrons. The van der Waals surface area contributed by atoms with E-state index in [0.717, 1.165) is 10.0 Å². The van der Waals surface area contributed by atoms with Gasteiger partial charge in [-0.25, -0.2) is 10.4 Å². The lowest BCUT2D eigenvalue weighted by atomic mass is 9.81. The summed E-state index contributed by atoms with van der Waals surface area (Å²) in [6, 6.07) is 21.9. The smallest absolute Gasteiger partial charge is 0.266 e. The largest absolute Gasteiger partial charge is 0.494 e. The van der Waals surface area contributed by atoms with E-state index in [0.29, 0.717) is 41.5 Å². The molecule has 4 rings (SSSR count). The molecule has 3 N–H and O–H groups in total. The molecule has 1 aliphatic heterocycles. The maximum absolute atomic E-state index is 14.1. The van der Waals surface area contributed by atoms with E-state index in [9.17, 15) is 4.79 Å². The number of aliphatic hydroxyl groups excluding tert-OH is 1. The first-order chi connectivity index (χ1) is 19.4. The van der Waals surface area contributed by atoms with E-state index in [-0.39, 0.29) is 25.0 Å². The molecule has 10 nitrogen and oxygen atoms in total. The Balaban J connectivity index is 1.82. The number of carbonyl (C=O) groups excluding carboxylic acids is 1. The van der Waals surface area contributed by atoms with E-state index >= 15 is 0 Å². The zero-order valence-corrected chi connectivity index (χ0v) is 23.8. The molecular formula is C29H31BrN6O4. The Kier molecular flexibility index (Phi) is 9.79. The Morgan fingerprint density at radius 3 is 2.58 bits per heavy atom. The molecule has 3 aromatic rings. The van der Waals surface area contributed by atoms with Gasteiger partial charge >= 0.3 is 0 Å². The normalized spacial score (nSPS) is 18.0. The topological polar surface area (TPSA) is 141 Å². The third-order valence-electron chi connectivity index (χ3n) is 6.28. The number of aliphatic imine (C=N–C) groups is 1. The summed E-state index contributed by atoms with van der Waals surface area (Å²) in [6.45, 7) is 4.29. The van der Waals surface area contributed by atoms with Crippen molar-refractivity contribution in [3.8, 4) is 5.75 Å². The molecule has 1 heterocycles. The van der Waals surface area contributed by atoms with Crippen molar-refractivity contribution in [3.63, 3.8) is 0 Å². The fraction of sp³-hybridized carbons (Fsp3) is 0.310. The first-order valence-electron chi connectivity index (χ1n) is 12.9. The van der Waals surface area contributed by atoms with Crippen molar-refractivity contribution < 1.29 is 19.4 Å². The van der Waals surface area contributed by atoms with Crippen LogP contribution < -0.4 is 15.6 Å². The van der Waals surface area contributed by atoms with Crippen LogP contribution >= 0.6 is 15.9 Å². The zero-order chi connectivity index (χ0) is 28.5. The predicted molar refractivity (Wildman–Crippen MR) is 156 cm³/mol. The van der Waals surface area contributed by atoms with Crippen LogP contribution in [-0.2, 0) is 16.0 Å². The Labute approximate surface area is 241 Å². The van der Waals surface area contributed by atoms with Crippen LogP contribution in [0.25, 0.3) is 10.4 Å². The number of benzene rings is 3. The standard InChI is InChI=1S/C29H31BrN6O4/c1-19(2)33-35-28(38)29(18-22-6-3-4-7-25(22)34-36-31)26(20-8-12-23(30)13-9-20)40-27(32-29)21-10-14-24(15-11-21)39-17-5-16-37/h3-4,6-15,19,26,33,37H,5,16-18H2,1-2H3,(H,35,38)/t26-,29-/m0/s1. The highest BCUT2D eigenvalue weighted by molar-refractivity contribution is 9.10. The monoisotopic (exact) mass is 606 g/mol. The lowest BCUT2D eigenvalue weighted by molar-refractivity contribution is -0.130. The number of nitrogens with one attached hydrogen (secondary N) is 2. The summed E-state index contributed by atoms with van der Waals surface area (Å²) in [6.07, 6.45) is -0.143. The molecule has 0 fully saturated rings. The molecular weight excluding hydrogens is 576 g/mol. The summed E-state index contributed by atoms with van der Waals surface area (Å²) >= 11 is 3.48. The molecule has 0 aromatic heterocycles. The van der Waals surface area contributed by atoms with Gasteiger partial charge < -0.3 is 14.6 Å². The Morgan fingerprint density at radius 2 is 1.90 bits per heavy atom. The summed E-state index contributed by atoms with van der Waals surface area (Å²) in [5, 5.41) is 12.9. The van der Waals surface area contributed by atoms with Crippen molar-refractivity contribution in [2.75, 3.05) is 13.2 Å². The third kappa shape index (κ3) is 6.81. The van der Waals surface area contributed by atoms with Gasteiger partial charge in [0.2, 0.25) is 5.90 Å². The van der Waals surface area contributed by atoms with E-state index in [4.69, 9.17) is 25.1 Å². The average molecular weight is 608 g/mol. The minimum absolute atomic E-state index is 0.0215. The van der Waals surface area contributed by atoms with Crippen LogP contribution in [0.2, 0.25) is 0 Å². The van der Waals surface area contributed by atoms with E-state index < -0.39 is 11.6 Å². The van der Waals surface area contributed by atoms with Crippen LogP contribution in [0.15, 0.2) is 87.4 Å². The van der Waals surface area contributed by atoms with E-state index in [1.165, 1.54) is 0 Å². The van der Waals surface area contributed by atoms with Gasteiger partial charge in [0, 0.05) is 46.1 Å². The molecule has 0 unspecified atom stereocenters. The van der Waals surface area contributed by atoms with Crippen molar-refractivity contribution in [2.24, 2.45) is 10.1 Å². The van der Waals surface area contributed by atoms with Crippen molar-refractivity contribution in [1.29, 1.82) is 0 Å². The number of azide groups is 1. The van der Waals surface area contributed by atoms with Gasteiger partial charge in [-0.3, -0.25) is 10.2 Å². The van der Waals surface area contributed by atoms with Crippen molar-refractivity contribution >= 4 is 33.4 Å². The fourth-order valence-corrected chi connectivity index (χ4v) is 4.60. The fourth-order valence-electron chi connectivity index (χ4n) is 4.33. The molecule has 11 heteroatoms. The number of carbonyl (C=O) groups is 1. The Morgan fingerprint density at radius 1 is 1.18 bits per heavy atom. The molecule has 0 aliphatic carbocycles. The molecule has 40 heavy (non-hydrogen) atoms. The van der Waals surface area contributed by atoms with Gasteiger partial charge in [-0.15, -0.1) is 0 Å². The highest BCUT2D eigenvalue weighted by Crippen LogP contribution is 2.43. The number of hydrogen-bond donors (Lipinski definition) is 3. The van der Waals surface area contributed by atoms with Crippen molar-refractivity contribution in [1.82, 2.24) is 10.9 Å². The third-order valence-corrected chi connectivity index (χ3v) is 6.81. The average Bonchev–Trinajstić information content (AvgIpc) is 3.34. The first-order valence-corrected chi connectivity index (χ1v) is 13.7. The van der Waals surface area contributed by atoms with Crippen molar-refractivity contribution in [2.45, 2.75) is 44.4 Å². The van der Waals surface area contributed by atoms with Gasteiger partial charge in [0.25, 0.3) is 5.91 Å². The Bertz CT molecular complexity index is 1390. The summed E-state index contributed by atoms with van der Waals surface area (Å²) in [5.41, 5.74) is 16.0. The summed E-state index contributed by atoms with van der Waals surface area (Å²) in [4.78, 5) is 22.0.